The molecule has 1 aliphatic heterocycles. The van der Waals surface area contributed by atoms with Gasteiger partial charge in [-0.2, -0.15) is 0 Å². The number of halogens is 1. The summed E-state index contributed by atoms with van der Waals surface area (Å²) in [5.74, 6) is -0.214. The van der Waals surface area contributed by atoms with E-state index in [4.69, 9.17) is 11.6 Å². The Morgan fingerprint density at radius 2 is 2.26 bits per heavy atom. The number of carboxylic acid groups (broad SMARTS) is 1. The second-order valence-electron chi connectivity index (χ2n) is 5.37. The Labute approximate surface area is 120 Å². The number of carboxylic acids is 1. The predicted molar refractivity (Wildman–Crippen MR) is 72.2 cm³/mol. The van der Waals surface area contributed by atoms with E-state index in [1.165, 1.54) is 12.8 Å². The number of rotatable bonds is 3. The summed E-state index contributed by atoms with van der Waals surface area (Å²) >= 11 is 7.20. The summed E-state index contributed by atoms with van der Waals surface area (Å²) in [5, 5.41) is 13.4. The first-order valence-electron chi connectivity index (χ1n) is 6.62. The third-order valence-corrected chi connectivity index (χ3v) is 5.33. The molecule has 2 fully saturated rings. The van der Waals surface area contributed by atoms with Crippen molar-refractivity contribution < 1.29 is 9.90 Å². The Morgan fingerprint density at radius 1 is 1.47 bits per heavy atom. The summed E-state index contributed by atoms with van der Waals surface area (Å²) in [7, 11) is 0. The number of likely N-dealkylation sites (tertiary alicyclic amines) is 1. The third-order valence-electron chi connectivity index (χ3n) is 4.35. The fourth-order valence-corrected chi connectivity index (χ4v) is 4.10. The fourth-order valence-electron chi connectivity index (χ4n) is 3.49. The van der Waals surface area contributed by atoms with Crippen molar-refractivity contribution in [3.05, 3.63) is 10.0 Å². The minimum atomic E-state index is -0.728. The molecule has 5 nitrogen and oxygen atoms in total. The van der Waals surface area contributed by atoms with Crippen LogP contribution in [0.4, 0.5) is 0 Å². The van der Waals surface area contributed by atoms with Crippen molar-refractivity contribution in [2.75, 3.05) is 0 Å². The van der Waals surface area contributed by atoms with Crippen LogP contribution in [0.3, 0.4) is 0 Å². The van der Waals surface area contributed by atoms with Crippen molar-refractivity contribution in [1.29, 1.82) is 0 Å². The van der Waals surface area contributed by atoms with Crippen LogP contribution < -0.4 is 0 Å². The van der Waals surface area contributed by atoms with Crippen molar-refractivity contribution >= 4 is 29.1 Å². The van der Waals surface area contributed by atoms with Gasteiger partial charge in [0.2, 0.25) is 0 Å². The van der Waals surface area contributed by atoms with Gasteiger partial charge < -0.3 is 5.11 Å². The second-order valence-corrected chi connectivity index (χ2v) is 6.72. The number of nitrogens with zero attached hydrogens (tertiary/aromatic N) is 3. The molecule has 19 heavy (non-hydrogen) atoms. The maximum atomic E-state index is 11.5. The summed E-state index contributed by atoms with van der Waals surface area (Å²) in [6.07, 6.45) is 5.40. The summed E-state index contributed by atoms with van der Waals surface area (Å²) in [6, 6.07) is -0.0292. The number of aliphatic carboxylic acids is 1. The van der Waals surface area contributed by atoms with Gasteiger partial charge in [0.1, 0.15) is 16.1 Å². The zero-order valence-electron chi connectivity index (χ0n) is 10.5. The maximum Gasteiger partial charge on any atom is 0.320 e. The lowest BCUT2D eigenvalue weighted by molar-refractivity contribution is -0.142. The molecule has 1 saturated heterocycles. The van der Waals surface area contributed by atoms with Crippen molar-refractivity contribution in [3.63, 3.8) is 0 Å². The summed E-state index contributed by atoms with van der Waals surface area (Å²) in [6.45, 7) is 0.507. The molecule has 7 heteroatoms. The van der Waals surface area contributed by atoms with Gasteiger partial charge in [-0.25, -0.2) is 0 Å². The highest BCUT2D eigenvalue weighted by molar-refractivity contribution is 7.10. The van der Waals surface area contributed by atoms with Gasteiger partial charge in [0.15, 0.2) is 0 Å². The standard InChI is InChI=1S/C12H16ClN3O2S/c13-11-8(14-15-19-11)6-16-9-4-2-1-3-7(9)5-10(16)12(17)18/h7,9-10H,1-6H2,(H,17,18). The number of aromatic nitrogens is 2. The van der Waals surface area contributed by atoms with Crippen LogP contribution in [-0.2, 0) is 11.3 Å². The van der Waals surface area contributed by atoms with Gasteiger partial charge in [0.05, 0.1) is 0 Å². The first-order valence-corrected chi connectivity index (χ1v) is 7.77. The van der Waals surface area contributed by atoms with Gasteiger partial charge in [0, 0.05) is 24.1 Å². The quantitative estimate of drug-likeness (QED) is 0.928. The van der Waals surface area contributed by atoms with E-state index < -0.39 is 12.0 Å². The average Bonchev–Trinajstić information content (AvgIpc) is 2.95. The van der Waals surface area contributed by atoms with E-state index in [0.717, 1.165) is 30.8 Å². The molecule has 2 heterocycles. The van der Waals surface area contributed by atoms with Crippen molar-refractivity contribution in [2.45, 2.75) is 50.7 Å². The number of hydrogen-bond donors (Lipinski definition) is 1. The molecule has 0 amide bonds. The lowest BCUT2D eigenvalue weighted by Crippen LogP contribution is -2.41. The average molecular weight is 302 g/mol. The monoisotopic (exact) mass is 301 g/mol. The van der Waals surface area contributed by atoms with Crippen molar-refractivity contribution in [1.82, 2.24) is 14.5 Å². The molecule has 1 saturated carbocycles. The normalized spacial score (nSPS) is 31.3. The van der Waals surface area contributed by atoms with E-state index in [9.17, 15) is 9.90 Å². The molecule has 0 bridgehead atoms. The zero-order chi connectivity index (χ0) is 13.4. The van der Waals surface area contributed by atoms with Crippen LogP contribution in [0.1, 0.15) is 37.8 Å². The van der Waals surface area contributed by atoms with Gasteiger partial charge in [-0.3, -0.25) is 9.69 Å². The number of hydrogen-bond acceptors (Lipinski definition) is 5. The maximum absolute atomic E-state index is 11.5. The molecule has 2 aliphatic rings. The molecule has 0 spiro atoms. The fraction of sp³-hybridized carbons (Fsp3) is 0.750. The summed E-state index contributed by atoms with van der Waals surface area (Å²) in [4.78, 5) is 13.5. The second kappa shape index (κ2) is 5.34. The minimum absolute atomic E-state index is 0.368. The van der Waals surface area contributed by atoms with Crippen LogP contribution in [0.2, 0.25) is 4.34 Å². The van der Waals surface area contributed by atoms with Gasteiger partial charge in [-0.05, 0) is 25.2 Å². The Kier molecular flexibility index (Phi) is 3.73. The molecule has 0 radical (unpaired) electrons. The van der Waals surface area contributed by atoms with E-state index in [1.807, 2.05) is 0 Å². The van der Waals surface area contributed by atoms with Crippen molar-refractivity contribution in [2.24, 2.45) is 5.92 Å². The molecule has 0 aromatic carbocycles. The highest BCUT2D eigenvalue weighted by Gasteiger charge is 2.45. The third kappa shape index (κ3) is 2.49. The highest BCUT2D eigenvalue weighted by atomic mass is 35.5. The zero-order valence-corrected chi connectivity index (χ0v) is 12.0. The summed E-state index contributed by atoms with van der Waals surface area (Å²) in [5.41, 5.74) is 0.712. The Hall–Kier alpha value is -0.720. The minimum Gasteiger partial charge on any atom is -0.480 e. The van der Waals surface area contributed by atoms with Gasteiger partial charge in [-0.15, -0.1) is 5.10 Å². The lowest BCUT2D eigenvalue weighted by atomic mass is 9.85. The van der Waals surface area contributed by atoms with Crippen molar-refractivity contribution in [3.8, 4) is 0 Å². The SMILES string of the molecule is O=C(O)C1CC2CCCCC2N1Cc1nnsc1Cl. The molecule has 1 aromatic rings. The van der Waals surface area contributed by atoms with Gasteiger partial charge >= 0.3 is 5.97 Å². The lowest BCUT2D eigenvalue weighted by Gasteiger charge is -2.32. The molecular weight excluding hydrogens is 286 g/mol. The van der Waals surface area contributed by atoms with Crippen LogP contribution in [0.5, 0.6) is 0 Å². The van der Waals surface area contributed by atoms with E-state index >= 15 is 0 Å². The number of fused-ring (bicyclic) bond motifs is 1. The molecule has 3 atom stereocenters. The van der Waals surface area contributed by atoms with Crippen LogP contribution in [0.25, 0.3) is 0 Å². The predicted octanol–water partition coefficient (Wildman–Crippen LogP) is 2.41. The Bertz CT molecular complexity index is 481. The largest absolute Gasteiger partial charge is 0.480 e. The van der Waals surface area contributed by atoms with E-state index in [0.29, 0.717) is 28.5 Å². The summed E-state index contributed by atoms with van der Waals surface area (Å²) < 4.78 is 4.40. The first kappa shape index (κ1) is 13.3. The Balaban J connectivity index is 1.82. The Morgan fingerprint density at radius 3 is 2.95 bits per heavy atom. The topological polar surface area (TPSA) is 66.3 Å². The number of carbonyl (C=O) groups is 1. The molecule has 3 rings (SSSR count). The van der Waals surface area contributed by atoms with Crippen LogP contribution in [0, 0.1) is 5.92 Å². The van der Waals surface area contributed by atoms with Gasteiger partial charge in [-0.1, -0.05) is 28.9 Å². The molecule has 3 unspecified atom stereocenters. The molecule has 1 N–H and O–H groups in total. The highest BCUT2D eigenvalue weighted by Crippen LogP contribution is 2.40. The molecular formula is C12H16ClN3O2S. The molecule has 1 aliphatic carbocycles. The molecule has 104 valence electrons. The van der Waals surface area contributed by atoms with Crippen LogP contribution in [0.15, 0.2) is 0 Å². The van der Waals surface area contributed by atoms with Crippen LogP contribution >= 0.6 is 23.1 Å². The van der Waals surface area contributed by atoms with E-state index in [1.54, 1.807) is 0 Å². The van der Waals surface area contributed by atoms with E-state index in [2.05, 4.69) is 14.5 Å². The smallest absolute Gasteiger partial charge is 0.320 e. The first-order chi connectivity index (χ1) is 9.16. The molecule has 1 aromatic heterocycles. The van der Waals surface area contributed by atoms with E-state index in [-0.39, 0.29) is 0 Å². The van der Waals surface area contributed by atoms with Crippen LogP contribution in [-0.4, -0.2) is 37.6 Å². The van der Waals surface area contributed by atoms with Gasteiger partial charge in [0.25, 0.3) is 0 Å².